The van der Waals surface area contributed by atoms with E-state index in [1.807, 2.05) is 38.2 Å². The van der Waals surface area contributed by atoms with Crippen LogP contribution in [0.2, 0.25) is 0 Å². The number of nitrogens with one attached hydrogen (secondary N) is 1. The Morgan fingerprint density at radius 3 is 2.85 bits per heavy atom. The van der Waals surface area contributed by atoms with E-state index in [9.17, 15) is 0 Å². The number of nitrogens with zero attached hydrogens (tertiary/aromatic N) is 3. The molecule has 0 spiro atoms. The van der Waals surface area contributed by atoms with Gasteiger partial charge in [0.1, 0.15) is 13.7 Å². The maximum absolute atomic E-state index is 6.03. The topological polar surface area (TPSA) is 94.3 Å². The van der Waals surface area contributed by atoms with Crippen molar-refractivity contribution in [3.8, 4) is 11.3 Å². The molecule has 0 bridgehead atoms. The molecular formula is C13H15BN6. The van der Waals surface area contributed by atoms with Gasteiger partial charge in [0.25, 0.3) is 0 Å². The number of nitrogens with two attached hydrogens (primary N) is 2. The van der Waals surface area contributed by atoms with Crippen LogP contribution >= 0.6 is 0 Å². The van der Waals surface area contributed by atoms with Gasteiger partial charge in [-0.1, -0.05) is 18.2 Å². The first kappa shape index (κ1) is 12.5. The van der Waals surface area contributed by atoms with Crippen LogP contribution in [-0.2, 0) is 0 Å². The van der Waals surface area contributed by atoms with Crippen molar-refractivity contribution in [2.75, 3.05) is 17.7 Å². The van der Waals surface area contributed by atoms with Crippen molar-refractivity contribution in [1.82, 2.24) is 14.6 Å². The molecule has 0 radical (unpaired) electrons. The van der Waals surface area contributed by atoms with Gasteiger partial charge >= 0.3 is 0 Å². The fourth-order valence-corrected chi connectivity index (χ4v) is 2.17. The van der Waals surface area contributed by atoms with Crippen molar-refractivity contribution in [1.29, 1.82) is 0 Å². The Morgan fingerprint density at radius 2 is 2.10 bits per heavy atom. The van der Waals surface area contributed by atoms with Crippen LogP contribution in [0.5, 0.6) is 0 Å². The van der Waals surface area contributed by atoms with Crippen LogP contribution in [0.25, 0.3) is 16.9 Å². The van der Waals surface area contributed by atoms with E-state index in [2.05, 4.69) is 15.4 Å². The highest BCUT2D eigenvalue weighted by Crippen LogP contribution is 2.26. The fraction of sp³-hybridized carbons (Fsp3) is 0.0769. The Bertz CT molecular complexity index is 767. The molecule has 0 saturated carbocycles. The lowest BCUT2D eigenvalue weighted by molar-refractivity contribution is 0.928. The van der Waals surface area contributed by atoms with E-state index in [4.69, 9.17) is 11.5 Å². The van der Waals surface area contributed by atoms with E-state index in [0.717, 1.165) is 28.2 Å². The van der Waals surface area contributed by atoms with Crippen LogP contribution in [0.15, 0.2) is 36.5 Å². The summed E-state index contributed by atoms with van der Waals surface area (Å²) in [5.41, 5.74) is 15.8. The monoisotopic (exact) mass is 266 g/mol. The summed E-state index contributed by atoms with van der Waals surface area (Å²) in [5, 5.41) is 7.39. The van der Waals surface area contributed by atoms with Crippen molar-refractivity contribution in [3.63, 3.8) is 0 Å². The third kappa shape index (κ3) is 1.98. The predicted molar refractivity (Wildman–Crippen MR) is 83.7 cm³/mol. The standard InChI is InChI=1S/C13H15BN6/c14-9-6-18-20-12(17-7-15)5-11(19-13(9)20)8-3-1-2-4-10(8)16/h1-6,17H,7,14-16H2. The second-order valence-electron chi connectivity index (χ2n) is 4.56. The van der Waals surface area contributed by atoms with E-state index in [0.29, 0.717) is 12.4 Å². The Morgan fingerprint density at radius 1 is 1.30 bits per heavy atom. The van der Waals surface area contributed by atoms with Crippen LogP contribution < -0.4 is 22.2 Å². The van der Waals surface area contributed by atoms with E-state index < -0.39 is 0 Å². The molecule has 0 aliphatic rings. The molecule has 0 unspecified atom stereocenters. The van der Waals surface area contributed by atoms with Crippen molar-refractivity contribution in [2.24, 2.45) is 5.73 Å². The minimum Gasteiger partial charge on any atom is -0.398 e. The van der Waals surface area contributed by atoms with Crippen molar-refractivity contribution in [3.05, 3.63) is 36.5 Å². The summed E-state index contributed by atoms with van der Waals surface area (Å²) >= 11 is 0. The summed E-state index contributed by atoms with van der Waals surface area (Å²) < 4.78 is 1.74. The zero-order valence-electron chi connectivity index (χ0n) is 11.2. The third-order valence-corrected chi connectivity index (χ3v) is 3.17. The first-order chi connectivity index (χ1) is 9.70. The number of hydrogen-bond donors (Lipinski definition) is 3. The zero-order chi connectivity index (χ0) is 14.1. The average molecular weight is 266 g/mol. The number of fused-ring (bicyclic) bond motifs is 1. The number of rotatable bonds is 3. The molecule has 0 aliphatic carbocycles. The predicted octanol–water partition coefficient (Wildman–Crippen LogP) is -0.435. The van der Waals surface area contributed by atoms with Crippen molar-refractivity contribution in [2.45, 2.75) is 0 Å². The van der Waals surface area contributed by atoms with Crippen LogP contribution in [0.1, 0.15) is 0 Å². The second kappa shape index (κ2) is 4.86. The highest BCUT2D eigenvalue weighted by molar-refractivity contribution is 6.36. The number of nitrogen functional groups attached to an aromatic ring is 1. The lowest BCUT2D eigenvalue weighted by atomic mass is 10.0. The van der Waals surface area contributed by atoms with Crippen LogP contribution in [0.4, 0.5) is 11.5 Å². The molecule has 7 heteroatoms. The number of aromatic nitrogens is 3. The average Bonchev–Trinajstić information content (AvgIpc) is 2.82. The Hall–Kier alpha value is -2.54. The lowest BCUT2D eigenvalue weighted by Crippen LogP contribution is -2.15. The van der Waals surface area contributed by atoms with Crippen LogP contribution in [-0.4, -0.2) is 29.1 Å². The summed E-state index contributed by atoms with van der Waals surface area (Å²) in [6, 6.07) is 9.56. The third-order valence-electron chi connectivity index (χ3n) is 3.17. The van der Waals surface area contributed by atoms with Gasteiger partial charge in [-0.2, -0.15) is 9.61 Å². The largest absolute Gasteiger partial charge is 0.398 e. The molecule has 20 heavy (non-hydrogen) atoms. The van der Waals surface area contributed by atoms with Gasteiger partial charge in [-0.3, -0.25) is 0 Å². The minimum absolute atomic E-state index is 0.321. The number of benzene rings is 1. The molecule has 3 aromatic rings. The van der Waals surface area contributed by atoms with Crippen LogP contribution in [0, 0.1) is 0 Å². The first-order valence-electron chi connectivity index (χ1n) is 6.35. The maximum atomic E-state index is 6.03. The molecule has 100 valence electrons. The second-order valence-corrected chi connectivity index (χ2v) is 4.56. The number of para-hydroxylation sites is 1. The Kier molecular flexibility index (Phi) is 3.04. The molecule has 5 N–H and O–H groups in total. The molecule has 0 saturated heterocycles. The quantitative estimate of drug-likeness (QED) is 0.339. The van der Waals surface area contributed by atoms with Crippen molar-refractivity contribution >= 4 is 30.5 Å². The molecule has 0 aliphatic heterocycles. The van der Waals surface area contributed by atoms with E-state index >= 15 is 0 Å². The van der Waals surface area contributed by atoms with Gasteiger partial charge in [-0.25, -0.2) is 4.98 Å². The normalized spacial score (nSPS) is 10.8. The molecule has 0 amide bonds. The number of hydrogen-bond acceptors (Lipinski definition) is 5. The molecule has 6 nitrogen and oxygen atoms in total. The molecule has 2 heterocycles. The van der Waals surface area contributed by atoms with Gasteiger partial charge in [0, 0.05) is 23.5 Å². The van der Waals surface area contributed by atoms with Crippen LogP contribution in [0.3, 0.4) is 0 Å². The van der Waals surface area contributed by atoms with Gasteiger partial charge in [-0.15, -0.1) is 0 Å². The van der Waals surface area contributed by atoms with Crippen molar-refractivity contribution < 1.29 is 0 Å². The number of anilines is 2. The first-order valence-corrected chi connectivity index (χ1v) is 6.35. The fourth-order valence-electron chi connectivity index (χ4n) is 2.17. The van der Waals surface area contributed by atoms with Gasteiger partial charge < -0.3 is 16.8 Å². The minimum atomic E-state index is 0.321. The molecule has 2 aromatic heterocycles. The van der Waals surface area contributed by atoms with E-state index in [1.165, 1.54) is 0 Å². The summed E-state index contributed by atoms with van der Waals surface area (Å²) in [5.74, 6) is 0.795. The van der Waals surface area contributed by atoms with E-state index in [1.54, 1.807) is 10.7 Å². The van der Waals surface area contributed by atoms with Gasteiger partial charge in [0.15, 0.2) is 5.65 Å². The van der Waals surface area contributed by atoms with Gasteiger partial charge in [0.2, 0.25) is 0 Å². The van der Waals surface area contributed by atoms with Gasteiger partial charge in [0.05, 0.1) is 12.4 Å². The molecule has 1 aromatic carbocycles. The molecule has 0 fully saturated rings. The Balaban J connectivity index is 2.26. The zero-order valence-corrected chi connectivity index (χ0v) is 11.2. The highest BCUT2D eigenvalue weighted by atomic mass is 15.3. The molecule has 0 atom stereocenters. The molecular weight excluding hydrogens is 251 g/mol. The smallest absolute Gasteiger partial charge is 0.151 e. The summed E-state index contributed by atoms with van der Waals surface area (Å²) in [6.07, 6.45) is 1.78. The van der Waals surface area contributed by atoms with Gasteiger partial charge in [-0.05, 0) is 11.5 Å². The maximum Gasteiger partial charge on any atom is 0.151 e. The lowest BCUT2D eigenvalue weighted by Gasteiger charge is -2.10. The summed E-state index contributed by atoms with van der Waals surface area (Å²) in [7, 11) is 1.97. The Labute approximate surface area is 117 Å². The SMILES string of the molecule is Bc1cnn2c(NCN)cc(-c3ccccc3N)nc12. The summed E-state index contributed by atoms with van der Waals surface area (Å²) in [6.45, 7) is 0.321. The molecule has 3 rings (SSSR count). The summed E-state index contributed by atoms with van der Waals surface area (Å²) in [4.78, 5) is 4.65. The van der Waals surface area contributed by atoms with E-state index in [-0.39, 0.29) is 0 Å². The highest BCUT2D eigenvalue weighted by Gasteiger charge is 2.11.